The van der Waals surface area contributed by atoms with Crippen LogP contribution in [0.1, 0.15) is 39.2 Å². The minimum absolute atomic E-state index is 0.0395. The SMILES string of the molecule is CC(C)CC(NC(=O)C(CC(=O)O)NC(=O)C(N)Cc1ccc(O)cc1)C(=O)NC(C)C(=O)O. The van der Waals surface area contributed by atoms with E-state index in [4.69, 9.17) is 10.8 Å². The number of rotatable bonds is 13. The van der Waals surface area contributed by atoms with Crippen molar-refractivity contribution >= 4 is 29.7 Å². The molecule has 0 aliphatic rings. The molecule has 0 saturated carbocycles. The average Bonchev–Trinajstić information content (AvgIpc) is 2.73. The van der Waals surface area contributed by atoms with Crippen molar-refractivity contribution in [2.75, 3.05) is 0 Å². The molecule has 0 aromatic heterocycles. The second-order valence-electron chi connectivity index (χ2n) is 8.40. The molecule has 1 aromatic rings. The van der Waals surface area contributed by atoms with Gasteiger partial charge in [-0.25, -0.2) is 0 Å². The van der Waals surface area contributed by atoms with E-state index < -0.39 is 60.2 Å². The van der Waals surface area contributed by atoms with Crippen molar-refractivity contribution in [3.63, 3.8) is 0 Å². The van der Waals surface area contributed by atoms with Crippen molar-refractivity contribution in [1.29, 1.82) is 0 Å². The number of hydrogen-bond acceptors (Lipinski definition) is 7. The lowest BCUT2D eigenvalue weighted by atomic mass is 10.0. The second-order valence-corrected chi connectivity index (χ2v) is 8.40. The summed E-state index contributed by atoms with van der Waals surface area (Å²) >= 11 is 0. The topological polar surface area (TPSA) is 208 Å². The fourth-order valence-electron chi connectivity index (χ4n) is 2.99. The standard InChI is InChI=1S/C22H32N4O8/c1-11(2)8-16(20(31)24-12(3)22(33)34)26-21(32)17(10-18(28)29)25-19(30)15(23)9-13-4-6-14(27)7-5-13/h4-7,11-12,15-17,27H,8-10,23H2,1-3H3,(H,24,31)(H,25,30)(H,26,32)(H,28,29)(H,33,34). The Morgan fingerprint density at radius 2 is 1.38 bits per heavy atom. The summed E-state index contributed by atoms with van der Waals surface area (Å²) in [5, 5.41) is 34.5. The van der Waals surface area contributed by atoms with Gasteiger partial charge in [0.2, 0.25) is 17.7 Å². The van der Waals surface area contributed by atoms with Crippen LogP contribution in [0.25, 0.3) is 0 Å². The summed E-state index contributed by atoms with van der Waals surface area (Å²) in [7, 11) is 0. The number of aromatic hydroxyl groups is 1. The van der Waals surface area contributed by atoms with Crippen molar-refractivity contribution in [2.24, 2.45) is 11.7 Å². The lowest BCUT2D eigenvalue weighted by Gasteiger charge is -2.25. The Bertz CT molecular complexity index is 887. The summed E-state index contributed by atoms with van der Waals surface area (Å²) < 4.78 is 0. The summed E-state index contributed by atoms with van der Waals surface area (Å²) in [4.78, 5) is 60.1. The van der Waals surface area contributed by atoms with Gasteiger partial charge in [0.1, 0.15) is 23.9 Å². The van der Waals surface area contributed by atoms with Crippen molar-refractivity contribution < 1.29 is 39.3 Å². The number of phenolic OH excluding ortho intramolecular Hbond substituents is 1. The van der Waals surface area contributed by atoms with Gasteiger partial charge in [0, 0.05) is 0 Å². The molecule has 0 fully saturated rings. The molecule has 188 valence electrons. The molecule has 0 saturated heterocycles. The molecular weight excluding hydrogens is 448 g/mol. The Balaban J connectivity index is 2.92. The summed E-state index contributed by atoms with van der Waals surface area (Å²) in [6.07, 6.45) is -0.540. The van der Waals surface area contributed by atoms with Crippen molar-refractivity contribution in [2.45, 2.75) is 64.2 Å². The Hall–Kier alpha value is -3.67. The highest BCUT2D eigenvalue weighted by Gasteiger charge is 2.31. The third-order valence-corrected chi connectivity index (χ3v) is 4.81. The van der Waals surface area contributed by atoms with Gasteiger partial charge < -0.3 is 37.0 Å². The third-order valence-electron chi connectivity index (χ3n) is 4.81. The fraction of sp³-hybridized carbons (Fsp3) is 0.500. The lowest BCUT2D eigenvalue weighted by molar-refractivity contribution is -0.143. The van der Waals surface area contributed by atoms with E-state index in [-0.39, 0.29) is 24.5 Å². The van der Waals surface area contributed by atoms with Crippen LogP contribution in [-0.4, -0.2) is 69.1 Å². The van der Waals surface area contributed by atoms with Crippen LogP contribution in [0.2, 0.25) is 0 Å². The van der Waals surface area contributed by atoms with E-state index >= 15 is 0 Å². The zero-order valence-electron chi connectivity index (χ0n) is 19.3. The molecular formula is C22H32N4O8. The van der Waals surface area contributed by atoms with Crippen LogP contribution in [0.15, 0.2) is 24.3 Å². The summed E-state index contributed by atoms with van der Waals surface area (Å²) in [6.45, 7) is 4.83. The normalized spacial score (nSPS) is 14.4. The molecule has 0 spiro atoms. The van der Waals surface area contributed by atoms with E-state index in [1.807, 2.05) is 0 Å². The lowest BCUT2D eigenvalue weighted by Crippen LogP contribution is -2.57. The van der Waals surface area contributed by atoms with Crippen molar-refractivity contribution in [3.05, 3.63) is 29.8 Å². The number of carboxylic acids is 2. The maximum absolute atomic E-state index is 12.8. The summed E-state index contributed by atoms with van der Waals surface area (Å²) in [5.74, 6) is -5.10. The molecule has 0 bridgehead atoms. The number of carbonyl (C=O) groups is 5. The fourth-order valence-corrected chi connectivity index (χ4v) is 2.99. The van der Waals surface area contributed by atoms with Gasteiger partial charge in [0.15, 0.2) is 0 Å². The van der Waals surface area contributed by atoms with Crippen LogP contribution < -0.4 is 21.7 Å². The van der Waals surface area contributed by atoms with Crippen LogP contribution in [0.4, 0.5) is 0 Å². The number of carbonyl (C=O) groups excluding carboxylic acids is 3. The predicted octanol–water partition coefficient (Wildman–Crippen LogP) is -0.658. The minimum atomic E-state index is -1.52. The third kappa shape index (κ3) is 9.86. The number of nitrogens with two attached hydrogens (primary N) is 1. The van der Waals surface area contributed by atoms with E-state index in [2.05, 4.69) is 16.0 Å². The molecule has 12 heteroatoms. The van der Waals surface area contributed by atoms with E-state index in [0.29, 0.717) is 5.56 Å². The first-order valence-corrected chi connectivity index (χ1v) is 10.7. The molecule has 0 heterocycles. The molecule has 1 rings (SSSR count). The first kappa shape index (κ1) is 28.4. The number of hydrogen-bond donors (Lipinski definition) is 7. The van der Waals surface area contributed by atoms with Crippen LogP contribution in [0.5, 0.6) is 5.75 Å². The molecule has 8 N–H and O–H groups in total. The number of nitrogens with one attached hydrogen (secondary N) is 3. The summed E-state index contributed by atoms with van der Waals surface area (Å²) in [6, 6.07) is 1.00. The molecule has 0 aliphatic heterocycles. The molecule has 4 unspecified atom stereocenters. The van der Waals surface area contributed by atoms with Gasteiger partial charge in [-0.3, -0.25) is 24.0 Å². The van der Waals surface area contributed by atoms with Gasteiger partial charge in [-0.05, 0) is 43.4 Å². The zero-order chi connectivity index (χ0) is 26.0. The first-order valence-electron chi connectivity index (χ1n) is 10.7. The highest BCUT2D eigenvalue weighted by atomic mass is 16.4. The van der Waals surface area contributed by atoms with E-state index in [1.165, 1.54) is 19.1 Å². The second kappa shape index (κ2) is 13.1. The zero-order valence-corrected chi connectivity index (χ0v) is 19.3. The molecule has 0 radical (unpaired) electrons. The van der Waals surface area contributed by atoms with Gasteiger partial charge in [0.25, 0.3) is 0 Å². The maximum atomic E-state index is 12.8. The number of benzene rings is 1. The summed E-state index contributed by atoms with van der Waals surface area (Å²) in [5.41, 5.74) is 6.53. The molecule has 0 aliphatic carbocycles. The number of amides is 3. The minimum Gasteiger partial charge on any atom is -0.508 e. The molecule has 3 amide bonds. The number of phenols is 1. The smallest absolute Gasteiger partial charge is 0.325 e. The predicted molar refractivity (Wildman–Crippen MR) is 121 cm³/mol. The molecule has 34 heavy (non-hydrogen) atoms. The van der Waals surface area contributed by atoms with Crippen LogP contribution in [0.3, 0.4) is 0 Å². The maximum Gasteiger partial charge on any atom is 0.325 e. The van der Waals surface area contributed by atoms with Gasteiger partial charge in [-0.15, -0.1) is 0 Å². The number of carboxylic acid groups (broad SMARTS) is 2. The van der Waals surface area contributed by atoms with Crippen molar-refractivity contribution in [1.82, 2.24) is 16.0 Å². The van der Waals surface area contributed by atoms with E-state index in [1.54, 1.807) is 26.0 Å². The Labute approximate surface area is 196 Å². The highest BCUT2D eigenvalue weighted by Crippen LogP contribution is 2.11. The van der Waals surface area contributed by atoms with Crippen LogP contribution in [-0.2, 0) is 30.4 Å². The first-order chi connectivity index (χ1) is 15.8. The van der Waals surface area contributed by atoms with Crippen molar-refractivity contribution in [3.8, 4) is 5.75 Å². The Kier molecular flexibility index (Phi) is 11.0. The van der Waals surface area contributed by atoms with Gasteiger partial charge in [-0.2, -0.15) is 0 Å². The number of aliphatic carboxylic acids is 2. The molecule has 12 nitrogen and oxygen atoms in total. The average molecular weight is 481 g/mol. The highest BCUT2D eigenvalue weighted by molar-refractivity contribution is 5.95. The van der Waals surface area contributed by atoms with Gasteiger partial charge >= 0.3 is 11.9 Å². The molecule has 4 atom stereocenters. The van der Waals surface area contributed by atoms with E-state index in [9.17, 15) is 34.2 Å². The Morgan fingerprint density at radius 1 is 0.853 bits per heavy atom. The quantitative estimate of drug-likeness (QED) is 0.191. The van der Waals surface area contributed by atoms with Crippen LogP contribution in [0, 0.1) is 5.92 Å². The Morgan fingerprint density at radius 3 is 1.88 bits per heavy atom. The van der Waals surface area contributed by atoms with E-state index in [0.717, 1.165) is 0 Å². The van der Waals surface area contributed by atoms with Gasteiger partial charge in [0.05, 0.1) is 12.5 Å². The van der Waals surface area contributed by atoms with Gasteiger partial charge in [-0.1, -0.05) is 26.0 Å². The monoisotopic (exact) mass is 480 g/mol. The largest absolute Gasteiger partial charge is 0.508 e. The molecule has 1 aromatic carbocycles. The van der Waals surface area contributed by atoms with Crippen LogP contribution >= 0.6 is 0 Å².